The zero-order valence-electron chi connectivity index (χ0n) is 16.0. The summed E-state index contributed by atoms with van der Waals surface area (Å²) in [5.41, 5.74) is 4.56. The molecule has 2 aromatic rings. The Labute approximate surface area is 166 Å². The number of hydrogen-bond donors (Lipinski definition) is 1. The number of benzene rings is 2. The highest BCUT2D eigenvalue weighted by Crippen LogP contribution is 2.28. The summed E-state index contributed by atoms with van der Waals surface area (Å²) in [5, 5.41) is 3.09. The molecule has 1 N–H and O–H groups in total. The summed E-state index contributed by atoms with van der Waals surface area (Å²) in [6.45, 7) is 5.10. The average Bonchev–Trinajstić information content (AvgIpc) is 2.65. The third-order valence-electron chi connectivity index (χ3n) is 4.69. The molecule has 0 fully saturated rings. The van der Waals surface area contributed by atoms with Crippen LogP contribution in [-0.2, 0) is 12.8 Å². The summed E-state index contributed by atoms with van der Waals surface area (Å²) in [5.74, 6) is 0.0618. The fraction of sp³-hybridized carbons (Fsp3) is 0.435. The van der Waals surface area contributed by atoms with Crippen molar-refractivity contribution in [3.05, 3.63) is 69.2 Å². The molecule has 140 valence electrons. The SMILES string of the molecule is CCCCCc1c(C(=O)NCCCC)ccc(Br)c1Cc1ccccc1. The number of carbonyl (C=O) groups is 1. The Morgan fingerprint density at radius 1 is 0.923 bits per heavy atom. The summed E-state index contributed by atoms with van der Waals surface area (Å²) in [7, 11) is 0. The van der Waals surface area contributed by atoms with Crippen molar-refractivity contribution in [3.63, 3.8) is 0 Å². The van der Waals surface area contributed by atoms with Gasteiger partial charge < -0.3 is 5.32 Å². The number of nitrogens with one attached hydrogen (secondary N) is 1. The molecule has 0 unspecified atom stereocenters. The molecule has 2 rings (SSSR count). The van der Waals surface area contributed by atoms with Crippen LogP contribution in [0, 0.1) is 0 Å². The number of rotatable bonds is 10. The largest absolute Gasteiger partial charge is 0.352 e. The first-order chi connectivity index (χ1) is 12.7. The van der Waals surface area contributed by atoms with Crippen LogP contribution < -0.4 is 5.32 Å². The van der Waals surface area contributed by atoms with Crippen LogP contribution in [0.4, 0.5) is 0 Å². The normalized spacial score (nSPS) is 10.7. The second-order valence-corrected chi connectivity index (χ2v) is 7.64. The van der Waals surface area contributed by atoms with Crippen molar-refractivity contribution < 1.29 is 4.79 Å². The molecule has 26 heavy (non-hydrogen) atoms. The molecule has 0 aliphatic heterocycles. The molecular formula is C23H30BrNO. The van der Waals surface area contributed by atoms with Crippen molar-refractivity contribution in [1.29, 1.82) is 0 Å². The molecular weight excluding hydrogens is 386 g/mol. The van der Waals surface area contributed by atoms with Crippen molar-refractivity contribution in [1.82, 2.24) is 5.32 Å². The summed E-state index contributed by atoms with van der Waals surface area (Å²) in [6, 6.07) is 14.5. The van der Waals surface area contributed by atoms with Crippen molar-refractivity contribution in [2.24, 2.45) is 0 Å². The van der Waals surface area contributed by atoms with Gasteiger partial charge in [-0.15, -0.1) is 0 Å². The van der Waals surface area contributed by atoms with Crippen molar-refractivity contribution in [2.75, 3.05) is 6.54 Å². The number of amides is 1. The van der Waals surface area contributed by atoms with E-state index in [1.54, 1.807) is 0 Å². The molecule has 0 radical (unpaired) electrons. The van der Waals surface area contributed by atoms with Gasteiger partial charge in [0.25, 0.3) is 5.91 Å². The van der Waals surface area contributed by atoms with Gasteiger partial charge in [0, 0.05) is 16.6 Å². The Bertz CT molecular complexity index is 697. The Morgan fingerprint density at radius 2 is 1.65 bits per heavy atom. The van der Waals surface area contributed by atoms with E-state index >= 15 is 0 Å². The summed E-state index contributed by atoms with van der Waals surface area (Å²) >= 11 is 3.73. The lowest BCUT2D eigenvalue weighted by Gasteiger charge is -2.17. The topological polar surface area (TPSA) is 29.1 Å². The van der Waals surface area contributed by atoms with E-state index in [2.05, 4.69) is 59.4 Å². The number of carbonyl (C=O) groups excluding carboxylic acids is 1. The van der Waals surface area contributed by atoms with E-state index in [-0.39, 0.29) is 5.91 Å². The van der Waals surface area contributed by atoms with Crippen LogP contribution in [0.5, 0.6) is 0 Å². The zero-order chi connectivity index (χ0) is 18.8. The molecule has 0 spiro atoms. The summed E-state index contributed by atoms with van der Waals surface area (Å²) in [4.78, 5) is 12.8. The van der Waals surface area contributed by atoms with Crippen LogP contribution in [0.15, 0.2) is 46.9 Å². The molecule has 2 nitrogen and oxygen atoms in total. The van der Waals surface area contributed by atoms with Crippen molar-refractivity contribution >= 4 is 21.8 Å². The maximum atomic E-state index is 12.8. The smallest absolute Gasteiger partial charge is 0.251 e. The fourth-order valence-electron chi connectivity index (χ4n) is 3.18. The zero-order valence-corrected chi connectivity index (χ0v) is 17.6. The molecule has 0 heterocycles. The van der Waals surface area contributed by atoms with Gasteiger partial charge in [-0.3, -0.25) is 4.79 Å². The highest BCUT2D eigenvalue weighted by atomic mass is 79.9. The van der Waals surface area contributed by atoms with Crippen LogP contribution in [0.1, 0.15) is 73.0 Å². The van der Waals surface area contributed by atoms with E-state index in [0.717, 1.165) is 48.7 Å². The minimum absolute atomic E-state index is 0.0618. The van der Waals surface area contributed by atoms with Gasteiger partial charge in [-0.25, -0.2) is 0 Å². The minimum atomic E-state index is 0.0618. The van der Waals surface area contributed by atoms with Gasteiger partial charge in [-0.2, -0.15) is 0 Å². The molecule has 2 aromatic carbocycles. The van der Waals surface area contributed by atoms with E-state index in [9.17, 15) is 4.79 Å². The van der Waals surface area contributed by atoms with E-state index in [0.29, 0.717) is 0 Å². The number of hydrogen-bond acceptors (Lipinski definition) is 1. The first-order valence-electron chi connectivity index (χ1n) is 9.79. The molecule has 0 aliphatic carbocycles. The van der Waals surface area contributed by atoms with E-state index in [1.165, 1.54) is 29.5 Å². The van der Waals surface area contributed by atoms with Gasteiger partial charge >= 0.3 is 0 Å². The van der Waals surface area contributed by atoms with Crippen molar-refractivity contribution in [3.8, 4) is 0 Å². The van der Waals surface area contributed by atoms with Crippen LogP contribution in [0.3, 0.4) is 0 Å². The average molecular weight is 416 g/mol. The lowest BCUT2D eigenvalue weighted by Crippen LogP contribution is -2.26. The molecule has 0 saturated carbocycles. The van der Waals surface area contributed by atoms with Crippen LogP contribution in [-0.4, -0.2) is 12.5 Å². The van der Waals surface area contributed by atoms with Gasteiger partial charge in [0.15, 0.2) is 0 Å². The van der Waals surface area contributed by atoms with Crippen LogP contribution in [0.2, 0.25) is 0 Å². The Morgan fingerprint density at radius 3 is 2.35 bits per heavy atom. The van der Waals surface area contributed by atoms with Gasteiger partial charge in [0.05, 0.1) is 0 Å². The molecule has 0 aromatic heterocycles. The van der Waals surface area contributed by atoms with Gasteiger partial charge in [0.1, 0.15) is 0 Å². The number of halogens is 1. The predicted octanol–water partition coefficient (Wildman–Crippen LogP) is 6.30. The molecule has 1 amide bonds. The Hall–Kier alpha value is -1.61. The lowest BCUT2D eigenvalue weighted by molar-refractivity contribution is 0.0952. The maximum Gasteiger partial charge on any atom is 0.251 e. The van der Waals surface area contributed by atoms with Crippen LogP contribution in [0.25, 0.3) is 0 Å². The molecule has 0 bridgehead atoms. The van der Waals surface area contributed by atoms with Crippen LogP contribution >= 0.6 is 15.9 Å². The summed E-state index contributed by atoms with van der Waals surface area (Å²) < 4.78 is 1.10. The maximum absolute atomic E-state index is 12.8. The van der Waals surface area contributed by atoms with E-state index < -0.39 is 0 Å². The van der Waals surface area contributed by atoms with Gasteiger partial charge in [0.2, 0.25) is 0 Å². The number of unbranched alkanes of at least 4 members (excludes halogenated alkanes) is 3. The summed E-state index contributed by atoms with van der Waals surface area (Å²) in [6.07, 6.45) is 7.39. The molecule has 0 aliphatic rings. The minimum Gasteiger partial charge on any atom is -0.352 e. The Balaban J connectivity index is 2.33. The molecule has 0 saturated heterocycles. The third kappa shape index (κ3) is 5.98. The predicted molar refractivity (Wildman–Crippen MR) is 114 cm³/mol. The third-order valence-corrected chi connectivity index (χ3v) is 5.43. The quantitative estimate of drug-likeness (QED) is 0.452. The first kappa shape index (κ1) is 20.7. The van der Waals surface area contributed by atoms with E-state index in [4.69, 9.17) is 0 Å². The molecule has 0 atom stereocenters. The highest BCUT2D eigenvalue weighted by molar-refractivity contribution is 9.10. The Kier molecular flexibility index (Phi) is 8.90. The second kappa shape index (κ2) is 11.2. The fourth-order valence-corrected chi connectivity index (χ4v) is 3.69. The monoisotopic (exact) mass is 415 g/mol. The van der Waals surface area contributed by atoms with Crippen molar-refractivity contribution in [2.45, 2.75) is 58.8 Å². The molecule has 3 heteroatoms. The second-order valence-electron chi connectivity index (χ2n) is 6.78. The van der Waals surface area contributed by atoms with Gasteiger partial charge in [-0.05, 0) is 54.5 Å². The standard InChI is InChI=1S/C23H30BrNO/c1-3-5-8-13-19-20(23(26)25-16-6-4-2)14-15-22(24)21(19)17-18-11-9-7-10-12-18/h7,9-12,14-15H,3-6,8,13,16-17H2,1-2H3,(H,25,26). The first-order valence-corrected chi connectivity index (χ1v) is 10.6. The lowest BCUT2D eigenvalue weighted by atomic mass is 9.91. The van der Waals surface area contributed by atoms with Gasteiger partial charge in [-0.1, -0.05) is 79.4 Å². The highest BCUT2D eigenvalue weighted by Gasteiger charge is 2.17. The van der Waals surface area contributed by atoms with E-state index in [1.807, 2.05) is 18.2 Å².